The van der Waals surface area contributed by atoms with Gasteiger partial charge in [-0.05, 0) is 24.1 Å². The highest BCUT2D eigenvalue weighted by Gasteiger charge is 2.23. The van der Waals surface area contributed by atoms with Crippen LogP contribution in [0.3, 0.4) is 0 Å². The van der Waals surface area contributed by atoms with E-state index in [4.69, 9.17) is 5.41 Å². The Morgan fingerprint density at radius 2 is 1.89 bits per heavy atom. The summed E-state index contributed by atoms with van der Waals surface area (Å²) in [6.45, 7) is 0.743. The standard InChI is InChI=1S/C15H13FN2/c16-13-7-6-11-8-9-18(14(11)10-13)15(17)12-4-2-1-3-5-12/h1-7,10,17H,8-9H2. The second-order valence-corrected chi connectivity index (χ2v) is 4.39. The quantitative estimate of drug-likeness (QED) is 0.601. The molecule has 0 amide bonds. The average molecular weight is 240 g/mol. The normalized spacial score (nSPS) is 13.5. The van der Waals surface area contributed by atoms with Gasteiger partial charge in [-0.1, -0.05) is 36.4 Å². The number of halogens is 1. The maximum absolute atomic E-state index is 13.3. The fourth-order valence-electron chi connectivity index (χ4n) is 2.34. The minimum absolute atomic E-state index is 0.249. The first kappa shape index (κ1) is 11.0. The number of hydrogen-bond acceptors (Lipinski definition) is 1. The molecule has 0 atom stereocenters. The van der Waals surface area contributed by atoms with Gasteiger partial charge in [0.25, 0.3) is 0 Å². The summed E-state index contributed by atoms with van der Waals surface area (Å²) in [5.41, 5.74) is 2.79. The Labute approximate surface area is 105 Å². The lowest BCUT2D eigenvalue weighted by molar-refractivity contribution is 0.628. The number of amidine groups is 1. The van der Waals surface area contributed by atoms with Crippen LogP contribution in [-0.2, 0) is 6.42 Å². The Balaban J connectivity index is 1.97. The van der Waals surface area contributed by atoms with Crippen molar-refractivity contribution < 1.29 is 4.39 Å². The summed E-state index contributed by atoms with van der Waals surface area (Å²) in [6.07, 6.45) is 0.866. The number of anilines is 1. The lowest BCUT2D eigenvalue weighted by Crippen LogP contribution is -2.28. The number of benzene rings is 2. The SMILES string of the molecule is N=C(c1ccccc1)N1CCc2ccc(F)cc21. The summed E-state index contributed by atoms with van der Waals surface area (Å²) in [6, 6.07) is 14.4. The second kappa shape index (κ2) is 4.26. The highest BCUT2D eigenvalue weighted by atomic mass is 19.1. The van der Waals surface area contributed by atoms with E-state index in [1.807, 2.05) is 41.3 Å². The van der Waals surface area contributed by atoms with Crippen LogP contribution in [0.25, 0.3) is 0 Å². The van der Waals surface area contributed by atoms with E-state index in [2.05, 4.69) is 0 Å². The number of fused-ring (bicyclic) bond motifs is 1. The molecule has 2 aromatic rings. The Bertz CT molecular complexity index is 593. The van der Waals surface area contributed by atoms with Crippen molar-refractivity contribution >= 4 is 11.5 Å². The van der Waals surface area contributed by atoms with Crippen LogP contribution >= 0.6 is 0 Å². The molecular weight excluding hydrogens is 227 g/mol. The molecule has 0 aliphatic carbocycles. The Hall–Kier alpha value is -2.16. The number of nitrogens with one attached hydrogen (secondary N) is 1. The van der Waals surface area contributed by atoms with Crippen LogP contribution < -0.4 is 4.90 Å². The van der Waals surface area contributed by atoms with Gasteiger partial charge in [0.2, 0.25) is 0 Å². The maximum atomic E-state index is 13.3. The third-order valence-electron chi connectivity index (χ3n) is 3.26. The van der Waals surface area contributed by atoms with Crippen LogP contribution in [-0.4, -0.2) is 12.4 Å². The molecule has 1 N–H and O–H groups in total. The fourth-order valence-corrected chi connectivity index (χ4v) is 2.34. The predicted molar refractivity (Wildman–Crippen MR) is 70.7 cm³/mol. The lowest BCUT2D eigenvalue weighted by Gasteiger charge is -2.20. The highest BCUT2D eigenvalue weighted by molar-refractivity contribution is 6.08. The van der Waals surface area contributed by atoms with E-state index in [9.17, 15) is 4.39 Å². The monoisotopic (exact) mass is 240 g/mol. The minimum atomic E-state index is -0.249. The lowest BCUT2D eigenvalue weighted by atomic mass is 10.1. The van der Waals surface area contributed by atoms with Gasteiger partial charge in [0, 0.05) is 17.8 Å². The van der Waals surface area contributed by atoms with Gasteiger partial charge in [-0.2, -0.15) is 0 Å². The van der Waals surface area contributed by atoms with E-state index in [-0.39, 0.29) is 5.82 Å². The van der Waals surface area contributed by atoms with E-state index in [0.29, 0.717) is 5.84 Å². The Kier molecular flexibility index (Phi) is 2.59. The zero-order chi connectivity index (χ0) is 12.5. The summed E-state index contributed by atoms with van der Waals surface area (Å²) in [7, 11) is 0. The molecule has 90 valence electrons. The first-order valence-electron chi connectivity index (χ1n) is 5.95. The Morgan fingerprint density at radius 3 is 2.67 bits per heavy atom. The zero-order valence-electron chi connectivity index (χ0n) is 9.86. The van der Waals surface area contributed by atoms with Crippen molar-refractivity contribution in [3.63, 3.8) is 0 Å². The average Bonchev–Trinajstić information content (AvgIpc) is 2.82. The van der Waals surface area contributed by atoms with Crippen LogP contribution in [0, 0.1) is 11.2 Å². The van der Waals surface area contributed by atoms with Crippen LogP contribution in [0.5, 0.6) is 0 Å². The van der Waals surface area contributed by atoms with Gasteiger partial charge in [-0.3, -0.25) is 5.41 Å². The van der Waals surface area contributed by atoms with Gasteiger partial charge in [-0.25, -0.2) is 4.39 Å². The van der Waals surface area contributed by atoms with E-state index in [0.717, 1.165) is 29.8 Å². The zero-order valence-corrected chi connectivity index (χ0v) is 9.86. The van der Waals surface area contributed by atoms with Crippen molar-refractivity contribution in [2.24, 2.45) is 0 Å². The van der Waals surface area contributed by atoms with Crippen molar-refractivity contribution in [1.29, 1.82) is 5.41 Å². The molecule has 2 nitrogen and oxygen atoms in total. The van der Waals surface area contributed by atoms with Gasteiger partial charge < -0.3 is 4.90 Å². The van der Waals surface area contributed by atoms with E-state index >= 15 is 0 Å². The summed E-state index contributed by atoms with van der Waals surface area (Å²) < 4.78 is 13.3. The first-order valence-corrected chi connectivity index (χ1v) is 5.95. The first-order chi connectivity index (χ1) is 8.75. The molecule has 0 radical (unpaired) electrons. The number of rotatable bonds is 1. The Morgan fingerprint density at radius 1 is 1.11 bits per heavy atom. The molecule has 0 spiro atoms. The van der Waals surface area contributed by atoms with Gasteiger partial charge in [-0.15, -0.1) is 0 Å². The van der Waals surface area contributed by atoms with Crippen molar-refractivity contribution in [3.8, 4) is 0 Å². The van der Waals surface area contributed by atoms with Gasteiger partial charge >= 0.3 is 0 Å². The largest absolute Gasteiger partial charge is 0.326 e. The van der Waals surface area contributed by atoms with E-state index in [1.165, 1.54) is 12.1 Å². The van der Waals surface area contributed by atoms with Gasteiger partial charge in [0.05, 0.1) is 0 Å². The molecule has 0 saturated heterocycles. The summed E-state index contributed by atoms with van der Waals surface area (Å²) in [5, 5.41) is 8.23. The van der Waals surface area contributed by atoms with Crippen molar-refractivity contribution in [1.82, 2.24) is 0 Å². The second-order valence-electron chi connectivity index (χ2n) is 4.39. The third-order valence-corrected chi connectivity index (χ3v) is 3.26. The van der Waals surface area contributed by atoms with Gasteiger partial charge in [0.1, 0.15) is 11.7 Å². The predicted octanol–water partition coefficient (Wildman–Crippen LogP) is 3.21. The molecule has 18 heavy (non-hydrogen) atoms. The maximum Gasteiger partial charge on any atom is 0.132 e. The molecule has 3 heteroatoms. The van der Waals surface area contributed by atoms with E-state index in [1.54, 1.807) is 0 Å². The topological polar surface area (TPSA) is 27.1 Å². The number of hydrogen-bond donors (Lipinski definition) is 1. The highest BCUT2D eigenvalue weighted by Crippen LogP contribution is 2.29. The van der Waals surface area contributed by atoms with Crippen LogP contribution in [0.4, 0.5) is 10.1 Å². The summed E-state index contributed by atoms with van der Waals surface area (Å²) >= 11 is 0. The molecule has 0 saturated carbocycles. The van der Waals surface area contributed by atoms with Crippen LogP contribution in [0.2, 0.25) is 0 Å². The third kappa shape index (κ3) is 1.78. The van der Waals surface area contributed by atoms with Crippen molar-refractivity contribution in [2.45, 2.75) is 6.42 Å². The fraction of sp³-hybridized carbons (Fsp3) is 0.133. The molecule has 0 fully saturated rings. The van der Waals surface area contributed by atoms with Crippen molar-refractivity contribution in [2.75, 3.05) is 11.4 Å². The molecule has 1 heterocycles. The molecular formula is C15H13FN2. The van der Waals surface area contributed by atoms with Gasteiger partial charge in [0.15, 0.2) is 0 Å². The molecule has 1 aliphatic rings. The molecule has 2 aromatic carbocycles. The van der Waals surface area contributed by atoms with Crippen LogP contribution in [0.15, 0.2) is 48.5 Å². The molecule has 0 bridgehead atoms. The molecule has 0 unspecified atom stereocenters. The number of nitrogens with zero attached hydrogens (tertiary/aromatic N) is 1. The van der Waals surface area contributed by atoms with E-state index < -0.39 is 0 Å². The molecule has 0 aromatic heterocycles. The minimum Gasteiger partial charge on any atom is -0.326 e. The van der Waals surface area contributed by atoms with Crippen molar-refractivity contribution in [3.05, 3.63) is 65.5 Å². The molecule has 3 rings (SSSR count). The molecule has 1 aliphatic heterocycles. The summed E-state index contributed by atoms with van der Waals surface area (Å²) in [4.78, 5) is 1.87. The van der Waals surface area contributed by atoms with Crippen LogP contribution in [0.1, 0.15) is 11.1 Å². The smallest absolute Gasteiger partial charge is 0.132 e. The summed E-state index contributed by atoms with van der Waals surface area (Å²) in [5.74, 6) is 0.182.